The molecule has 27 heavy (non-hydrogen) atoms. The molecule has 0 spiro atoms. The number of benzene rings is 1. The summed E-state index contributed by atoms with van der Waals surface area (Å²) in [5.41, 5.74) is 6.85. The van der Waals surface area contributed by atoms with Crippen molar-refractivity contribution in [2.75, 3.05) is 32.1 Å². The van der Waals surface area contributed by atoms with Crippen LogP contribution in [-0.4, -0.2) is 37.6 Å². The number of halogens is 2. The molecule has 5 nitrogen and oxygen atoms in total. The number of nitrogens with one attached hydrogen (secondary N) is 1. The van der Waals surface area contributed by atoms with Crippen molar-refractivity contribution in [1.29, 1.82) is 0 Å². The number of hydrogen-bond acceptors (Lipinski definition) is 4. The number of rotatable bonds is 6. The molecule has 1 aromatic heterocycles. The van der Waals surface area contributed by atoms with E-state index in [9.17, 15) is 0 Å². The van der Waals surface area contributed by atoms with Crippen LogP contribution in [0.5, 0.6) is 5.75 Å². The Morgan fingerprint density at radius 3 is 3.00 bits per heavy atom. The normalized spacial score (nSPS) is 18.0. The van der Waals surface area contributed by atoms with Crippen LogP contribution in [0.2, 0.25) is 5.02 Å². The Balaban J connectivity index is 0.00000261. The van der Waals surface area contributed by atoms with Gasteiger partial charge in [0.15, 0.2) is 5.96 Å². The summed E-state index contributed by atoms with van der Waals surface area (Å²) >= 11 is 7.96. The lowest BCUT2D eigenvalue weighted by molar-refractivity contribution is 0.172. The average Bonchev–Trinajstić information content (AvgIpc) is 3.13. The lowest BCUT2D eigenvalue weighted by Gasteiger charge is -2.31. The van der Waals surface area contributed by atoms with Crippen LogP contribution in [-0.2, 0) is 6.54 Å². The molecule has 148 valence electrons. The molecule has 3 rings (SSSR count). The topological polar surface area (TPSA) is 62.9 Å². The molecule has 2 aromatic rings. The predicted molar refractivity (Wildman–Crippen MR) is 126 cm³/mol. The number of nitrogens with two attached hydrogens (primary N) is 1. The summed E-state index contributed by atoms with van der Waals surface area (Å²) in [4.78, 5) is 8.47. The van der Waals surface area contributed by atoms with Crippen molar-refractivity contribution in [1.82, 2.24) is 4.90 Å². The summed E-state index contributed by atoms with van der Waals surface area (Å²) < 4.78 is 5.15. The van der Waals surface area contributed by atoms with Crippen molar-refractivity contribution in [2.45, 2.75) is 19.4 Å². The molecule has 0 saturated carbocycles. The van der Waals surface area contributed by atoms with Gasteiger partial charge in [0.1, 0.15) is 5.75 Å². The molecule has 0 aliphatic carbocycles. The average molecular weight is 521 g/mol. The second-order valence-corrected chi connectivity index (χ2v) is 7.96. The molecule has 1 aliphatic rings. The van der Waals surface area contributed by atoms with Crippen LogP contribution >= 0.6 is 46.9 Å². The van der Waals surface area contributed by atoms with E-state index in [0.717, 1.165) is 31.9 Å². The van der Waals surface area contributed by atoms with Gasteiger partial charge in [0.05, 0.1) is 12.1 Å². The van der Waals surface area contributed by atoms with Crippen molar-refractivity contribution in [2.24, 2.45) is 16.6 Å². The second kappa shape index (κ2) is 11.1. The Morgan fingerprint density at radius 2 is 2.30 bits per heavy atom. The maximum atomic E-state index is 6.14. The zero-order valence-corrected chi connectivity index (χ0v) is 19.3. The number of piperidine rings is 1. The smallest absolute Gasteiger partial charge is 0.193 e. The number of guanidine groups is 1. The van der Waals surface area contributed by atoms with E-state index in [4.69, 9.17) is 22.1 Å². The highest BCUT2D eigenvalue weighted by molar-refractivity contribution is 14.0. The molecule has 1 aromatic carbocycles. The number of likely N-dealkylation sites (tertiary alicyclic amines) is 1. The summed E-state index contributed by atoms with van der Waals surface area (Å²) in [7, 11) is 1.59. The molecule has 3 N–H and O–H groups in total. The summed E-state index contributed by atoms with van der Waals surface area (Å²) in [5, 5.41) is 5.78. The van der Waals surface area contributed by atoms with Gasteiger partial charge < -0.3 is 15.8 Å². The van der Waals surface area contributed by atoms with Gasteiger partial charge in [-0.25, -0.2) is 0 Å². The van der Waals surface area contributed by atoms with Crippen LogP contribution in [0.25, 0.3) is 0 Å². The maximum Gasteiger partial charge on any atom is 0.193 e. The Hall–Kier alpha value is -1.03. The molecule has 1 fully saturated rings. The highest BCUT2D eigenvalue weighted by atomic mass is 127. The fourth-order valence-electron chi connectivity index (χ4n) is 3.23. The van der Waals surface area contributed by atoms with Crippen molar-refractivity contribution in [3.63, 3.8) is 0 Å². The molecule has 2 heterocycles. The van der Waals surface area contributed by atoms with E-state index in [-0.39, 0.29) is 24.0 Å². The Morgan fingerprint density at radius 1 is 1.44 bits per heavy atom. The van der Waals surface area contributed by atoms with E-state index in [0.29, 0.717) is 22.6 Å². The molecule has 1 atom stereocenters. The fraction of sp³-hybridized carbons (Fsp3) is 0.421. The van der Waals surface area contributed by atoms with Crippen LogP contribution in [0.15, 0.2) is 40.7 Å². The lowest BCUT2D eigenvalue weighted by Crippen LogP contribution is -2.36. The summed E-state index contributed by atoms with van der Waals surface area (Å²) in [5.74, 6) is 1.60. The largest absolute Gasteiger partial charge is 0.495 e. The fourth-order valence-corrected chi connectivity index (χ4v) is 4.23. The highest BCUT2D eigenvalue weighted by Crippen LogP contribution is 2.27. The highest BCUT2D eigenvalue weighted by Gasteiger charge is 2.20. The second-order valence-electron chi connectivity index (χ2n) is 6.52. The van der Waals surface area contributed by atoms with Gasteiger partial charge in [0.25, 0.3) is 0 Å². The van der Waals surface area contributed by atoms with Crippen molar-refractivity contribution in [3.05, 3.63) is 45.6 Å². The predicted octanol–water partition coefficient (Wildman–Crippen LogP) is 4.67. The Kier molecular flexibility index (Phi) is 9.14. The first-order valence-electron chi connectivity index (χ1n) is 8.79. The molecule has 1 aliphatic heterocycles. The maximum absolute atomic E-state index is 6.14. The van der Waals surface area contributed by atoms with E-state index >= 15 is 0 Å². The first-order valence-corrected chi connectivity index (χ1v) is 10.0. The van der Waals surface area contributed by atoms with E-state index in [1.54, 1.807) is 13.2 Å². The van der Waals surface area contributed by atoms with Gasteiger partial charge in [-0.3, -0.25) is 9.89 Å². The number of anilines is 1. The van der Waals surface area contributed by atoms with Gasteiger partial charge >= 0.3 is 0 Å². The molecular formula is C19H26ClIN4OS. The number of ether oxygens (including phenoxy) is 1. The van der Waals surface area contributed by atoms with Crippen molar-refractivity contribution >= 4 is 58.6 Å². The van der Waals surface area contributed by atoms with Gasteiger partial charge in [-0.1, -0.05) is 17.7 Å². The number of nitrogens with zero attached hydrogens (tertiary/aromatic N) is 2. The third kappa shape index (κ3) is 6.81. The Labute approximate surface area is 187 Å². The quantitative estimate of drug-likeness (QED) is 0.330. The van der Waals surface area contributed by atoms with Crippen LogP contribution in [0.3, 0.4) is 0 Å². The lowest BCUT2D eigenvalue weighted by atomic mass is 9.98. The van der Waals surface area contributed by atoms with Gasteiger partial charge in [-0.15, -0.1) is 35.3 Å². The van der Waals surface area contributed by atoms with Crippen LogP contribution in [0, 0.1) is 5.92 Å². The van der Waals surface area contributed by atoms with E-state index < -0.39 is 0 Å². The van der Waals surface area contributed by atoms with Gasteiger partial charge in [0.2, 0.25) is 0 Å². The molecule has 1 unspecified atom stereocenters. The molecule has 0 radical (unpaired) electrons. The van der Waals surface area contributed by atoms with Crippen LogP contribution < -0.4 is 15.8 Å². The zero-order valence-electron chi connectivity index (χ0n) is 15.4. The van der Waals surface area contributed by atoms with Crippen molar-refractivity contribution in [3.8, 4) is 5.75 Å². The number of methoxy groups -OCH3 is 1. The van der Waals surface area contributed by atoms with Crippen LogP contribution in [0.1, 0.15) is 17.7 Å². The Bertz CT molecular complexity index is 741. The van der Waals surface area contributed by atoms with Gasteiger partial charge in [-0.2, -0.15) is 0 Å². The van der Waals surface area contributed by atoms with E-state index in [1.807, 2.05) is 23.5 Å². The minimum Gasteiger partial charge on any atom is -0.495 e. The SMILES string of the molecule is COc1ccc(NC(N)=NCC2CCCN(Cc3cccs3)C2)cc1Cl.I. The molecule has 1 saturated heterocycles. The minimum atomic E-state index is 0. The molecule has 0 amide bonds. The number of thiophene rings is 1. The minimum absolute atomic E-state index is 0. The first-order chi connectivity index (χ1) is 12.6. The van der Waals surface area contributed by atoms with Gasteiger partial charge in [-0.05, 0) is 54.9 Å². The number of hydrogen-bond donors (Lipinski definition) is 2. The number of aliphatic imine (C=N–C) groups is 1. The van der Waals surface area contributed by atoms with Crippen LogP contribution in [0.4, 0.5) is 5.69 Å². The summed E-state index contributed by atoms with van der Waals surface area (Å²) in [6, 6.07) is 9.78. The third-order valence-corrected chi connectivity index (χ3v) is 5.66. The summed E-state index contributed by atoms with van der Waals surface area (Å²) in [6.45, 7) is 4.01. The summed E-state index contributed by atoms with van der Waals surface area (Å²) in [6.07, 6.45) is 2.42. The zero-order chi connectivity index (χ0) is 18.4. The van der Waals surface area contributed by atoms with E-state index in [2.05, 4.69) is 32.7 Å². The van der Waals surface area contributed by atoms with Gasteiger partial charge in [0, 0.05) is 30.2 Å². The molecular weight excluding hydrogens is 495 g/mol. The van der Waals surface area contributed by atoms with Crippen molar-refractivity contribution < 1.29 is 4.74 Å². The standard InChI is InChI=1S/C19H25ClN4OS.HI/c1-25-18-7-6-15(10-17(18)20)23-19(21)22-11-14-4-2-8-24(12-14)13-16-5-3-9-26-16;/h3,5-7,9-10,14H,2,4,8,11-13H2,1H3,(H3,21,22,23);1H. The molecule has 0 bridgehead atoms. The third-order valence-electron chi connectivity index (χ3n) is 4.51. The first kappa shape index (κ1) is 22.3. The van der Waals surface area contributed by atoms with E-state index in [1.165, 1.54) is 17.7 Å². The molecule has 8 heteroatoms. The monoisotopic (exact) mass is 520 g/mol.